The Hall–Kier alpha value is -3.75. The minimum absolute atomic E-state index is 0.147. The molecule has 0 aliphatic rings. The third-order valence-electron chi connectivity index (χ3n) is 3.40. The number of nitrogens with one attached hydrogen (secondary N) is 1. The molecule has 0 saturated heterocycles. The molecule has 0 aliphatic carbocycles. The van der Waals surface area contributed by atoms with Crippen LogP contribution in [0.5, 0.6) is 0 Å². The molecule has 0 atom stereocenters. The Kier molecular flexibility index (Phi) is 6.43. The summed E-state index contributed by atoms with van der Waals surface area (Å²) in [6, 6.07) is 10.8. The number of benzene rings is 2. The van der Waals surface area contributed by atoms with Gasteiger partial charge in [0.15, 0.2) is 0 Å². The van der Waals surface area contributed by atoms with E-state index in [2.05, 4.69) is 10.5 Å². The van der Waals surface area contributed by atoms with Crippen molar-refractivity contribution in [2.24, 2.45) is 5.16 Å². The van der Waals surface area contributed by atoms with Gasteiger partial charge in [-0.05, 0) is 38.5 Å². The summed E-state index contributed by atoms with van der Waals surface area (Å²) in [6.07, 6.45) is 4.81. The van der Waals surface area contributed by atoms with Crippen molar-refractivity contribution in [3.8, 4) is 0 Å². The second-order valence-corrected chi connectivity index (χ2v) is 6.76. The molecule has 0 unspecified atom stereocenters. The van der Waals surface area contributed by atoms with Gasteiger partial charge in [0.2, 0.25) is 0 Å². The normalized spacial score (nSPS) is 11.7. The first kappa shape index (κ1) is 20.6. The molecule has 2 rings (SSSR count). The van der Waals surface area contributed by atoms with Crippen LogP contribution in [0, 0.1) is 20.2 Å². The van der Waals surface area contributed by atoms with Crippen molar-refractivity contribution < 1.29 is 14.7 Å². The lowest BCUT2D eigenvalue weighted by atomic mass is 10.1. The Morgan fingerprint density at radius 2 is 1.71 bits per heavy atom. The van der Waals surface area contributed by atoms with E-state index in [1.807, 2.05) is 45.0 Å². The Morgan fingerprint density at radius 1 is 1.04 bits per heavy atom. The molecule has 28 heavy (non-hydrogen) atoms. The van der Waals surface area contributed by atoms with Crippen molar-refractivity contribution in [2.75, 3.05) is 5.32 Å². The first-order valence-corrected chi connectivity index (χ1v) is 8.34. The van der Waals surface area contributed by atoms with Crippen LogP contribution in [0.1, 0.15) is 31.9 Å². The maximum Gasteiger partial charge on any atom is 0.299 e. The monoisotopic (exact) mass is 384 g/mol. The van der Waals surface area contributed by atoms with Crippen molar-refractivity contribution in [3.63, 3.8) is 0 Å². The number of oxime groups is 1. The third-order valence-corrected chi connectivity index (χ3v) is 3.40. The Morgan fingerprint density at radius 3 is 2.32 bits per heavy atom. The van der Waals surface area contributed by atoms with Crippen LogP contribution in [-0.4, -0.2) is 21.7 Å². The Bertz CT molecular complexity index is 932. The molecule has 9 nitrogen and oxygen atoms in total. The number of non-ortho nitro benzene ring substituents is 1. The summed E-state index contributed by atoms with van der Waals surface area (Å²) in [6.45, 7) is 5.66. The van der Waals surface area contributed by atoms with Gasteiger partial charge in [-0.3, -0.25) is 20.2 Å². The van der Waals surface area contributed by atoms with Crippen LogP contribution in [0.15, 0.2) is 53.8 Å². The average molecular weight is 384 g/mol. The molecule has 9 heteroatoms. The van der Waals surface area contributed by atoms with Crippen LogP contribution in [0.3, 0.4) is 0 Å². The number of rotatable bonds is 7. The van der Waals surface area contributed by atoms with Crippen molar-refractivity contribution in [1.82, 2.24) is 0 Å². The summed E-state index contributed by atoms with van der Waals surface area (Å²) in [5, 5.41) is 28.7. The van der Waals surface area contributed by atoms with E-state index in [-0.39, 0.29) is 17.1 Å². The van der Waals surface area contributed by atoms with Gasteiger partial charge in [0.05, 0.1) is 22.1 Å². The highest BCUT2D eigenvalue weighted by Gasteiger charge is 2.18. The second-order valence-electron chi connectivity index (χ2n) is 6.76. The summed E-state index contributed by atoms with van der Waals surface area (Å²) in [4.78, 5) is 26.0. The van der Waals surface area contributed by atoms with Crippen LogP contribution in [0.25, 0.3) is 6.08 Å². The quantitative estimate of drug-likeness (QED) is 0.418. The summed E-state index contributed by atoms with van der Waals surface area (Å²) >= 11 is 0. The lowest BCUT2D eigenvalue weighted by Crippen LogP contribution is -2.15. The van der Waals surface area contributed by atoms with E-state index in [1.165, 1.54) is 18.3 Å². The van der Waals surface area contributed by atoms with Crippen molar-refractivity contribution in [1.29, 1.82) is 0 Å². The lowest BCUT2D eigenvalue weighted by Gasteiger charge is -2.14. The van der Waals surface area contributed by atoms with Crippen LogP contribution < -0.4 is 5.32 Å². The Balaban J connectivity index is 2.20. The topological polar surface area (TPSA) is 120 Å². The van der Waals surface area contributed by atoms with Gasteiger partial charge < -0.3 is 10.2 Å². The molecule has 0 heterocycles. The molecule has 2 aromatic rings. The summed E-state index contributed by atoms with van der Waals surface area (Å²) in [7, 11) is 0. The van der Waals surface area contributed by atoms with Gasteiger partial charge in [-0.1, -0.05) is 29.4 Å². The minimum atomic E-state index is -0.679. The number of nitro benzene ring substituents is 2. The number of hydrogen-bond donors (Lipinski definition) is 1. The van der Waals surface area contributed by atoms with Crippen molar-refractivity contribution in [3.05, 3.63) is 80.0 Å². The molecular weight excluding hydrogens is 364 g/mol. The fourth-order valence-electron chi connectivity index (χ4n) is 2.15. The number of hydrogen-bond acceptors (Lipinski definition) is 7. The molecule has 0 bridgehead atoms. The predicted octanol–water partition coefficient (Wildman–Crippen LogP) is 4.73. The summed E-state index contributed by atoms with van der Waals surface area (Å²) in [5.74, 6) is 0. The standard InChI is InChI=1S/C19H20N4O5/c1-19(2,3)28-21-13-15-7-5-4-6-14(15)10-11-20-17-9-8-16(22(24)25)12-18(17)23(26)27/h4-13,20H,1-3H3/b11-10+,21-13+. The van der Waals surface area contributed by atoms with Crippen LogP contribution in [0.2, 0.25) is 0 Å². The highest BCUT2D eigenvalue weighted by molar-refractivity contribution is 5.85. The maximum atomic E-state index is 11.2. The fourth-order valence-corrected chi connectivity index (χ4v) is 2.15. The molecule has 0 spiro atoms. The van der Waals surface area contributed by atoms with Crippen LogP contribution in [0.4, 0.5) is 17.1 Å². The number of nitro groups is 2. The SMILES string of the molecule is CC(C)(C)O/N=C/c1ccccc1/C=C/Nc1ccc([N+](=O)[O-])cc1[N+](=O)[O-]. The zero-order chi connectivity index (χ0) is 20.7. The second kappa shape index (κ2) is 8.76. The molecule has 0 amide bonds. The van der Waals surface area contributed by atoms with E-state index >= 15 is 0 Å². The van der Waals surface area contributed by atoms with Gasteiger partial charge in [-0.2, -0.15) is 0 Å². The maximum absolute atomic E-state index is 11.2. The van der Waals surface area contributed by atoms with Crippen LogP contribution >= 0.6 is 0 Å². The molecule has 0 aromatic heterocycles. The van der Waals surface area contributed by atoms with Crippen molar-refractivity contribution >= 4 is 29.4 Å². The van der Waals surface area contributed by atoms with Crippen LogP contribution in [-0.2, 0) is 4.84 Å². The van der Waals surface area contributed by atoms with Gasteiger partial charge in [0, 0.05) is 17.8 Å². The van der Waals surface area contributed by atoms with E-state index in [0.717, 1.165) is 17.2 Å². The minimum Gasteiger partial charge on any atom is -0.390 e. The predicted molar refractivity (Wildman–Crippen MR) is 107 cm³/mol. The highest BCUT2D eigenvalue weighted by atomic mass is 16.6. The fraction of sp³-hybridized carbons (Fsp3) is 0.211. The van der Waals surface area contributed by atoms with Gasteiger partial charge in [-0.15, -0.1) is 0 Å². The molecular formula is C19H20N4O5. The van der Waals surface area contributed by atoms with Gasteiger partial charge in [0.25, 0.3) is 11.4 Å². The molecule has 0 saturated carbocycles. The molecule has 0 fully saturated rings. The average Bonchev–Trinajstić information content (AvgIpc) is 2.61. The molecule has 146 valence electrons. The van der Waals surface area contributed by atoms with E-state index in [0.29, 0.717) is 0 Å². The highest BCUT2D eigenvalue weighted by Crippen LogP contribution is 2.29. The number of anilines is 1. The summed E-state index contributed by atoms with van der Waals surface area (Å²) in [5.41, 5.74) is 0.615. The first-order valence-electron chi connectivity index (χ1n) is 8.34. The number of nitrogens with zero attached hydrogens (tertiary/aromatic N) is 3. The smallest absolute Gasteiger partial charge is 0.299 e. The molecule has 1 N–H and O–H groups in total. The zero-order valence-corrected chi connectivity index (χ0v) is 15.7. The van der Waals surface area contributed by atoms with E-state index < -0.39 is 15.4 Å². The first-order chi connectivity index (χ1) is 13.2. The molecule has 0 aliphatic heterocycles. The van der Waals surface area contributed by atoms with Gasteiger partial charge >= 0.3 is 0 Å². The molecule has 0 radical (unpaired) electrons. The van der Waals surface area contributed by atoms with E-state index in [9.17, 15) is 20.2 Å². The third kappa shape index (κ3) is 5.90. The zero-order valence-electron chi connectivity index (χ0n) is 15.7. The van der Waals surface area contributed by atoms with Crippen molar-refractivity contribution in [2.45, 2.75) is 26.4 Å². The van der Waals surface area contributed by atoms with Gasteiger partial charge in [-0.25, -0.2) is 0 Å². The lowest BCUT2D eigenvalue weighted by molar-refractivity contribution is -0.393. The summed E-state index contributed by atoms with van der Waals surface area (Å²) < 4.78 is 0. The largest absolute Gasteiger partial charge is 0.390 e. The van der Waals surface area contributed by atoms with E-state index in [4.69, 9.17) is 4.84 Å². The molecule has 2 aromatic carbocycles. The van der Waals surface area contributed by atoms with Gasteiger partial charge in [0.1, 0.15) is 11.3 Å². The Labute approximate surface area is 161 Å². The van der Waals surface area contributed by atoms with E-state index in [1.54, 1.807) is 12.3 Å².